The summed E-state index contributed by atoms with van der Waals surface area (Å²) in [4.78, 5) is 11.7. The summed E-state index contributed by atoms with van der Waals surface area (Å²) in [6.45, 7) is 1.61. The van der Waals surface area contributed by atoms with Crippen LogP contribution in [0, 0.1) is 17.3 Å². The van der Waals surface area contributed by atoms with Crippen molar-refractivity contribution in [3.05, 3.63) is 0 Å². The molecule has 4 aliphatic rings. The number of fused-ring (bicyclic) bond motifs is 5. The smallest absolute Gasteiger partial charge is 0.258 e. The molecule has 5 atom stereocenters. The third-order valence-electron chi connectivity index (χ3n) is 8.04. The van der Waals surface area contributed by atoms with E-state index in [1.54, 1.807) is 0 Å². The molecule has 2 aliphatic heterocycles. The standard InChI is InChI=1S/C20H27BN6O/c21-16-14-17(26-25-16)24-18-19(23-14)28-10-12-9-20(6-7-27(12)18)8-11-4-2-1-3-5-13(11)15(20)22/h11-13,15H,1-10,22H2,(H,24,25,26). The van der Waals surface area contributed by atoms with E-state index in [1.165, 1.54) is 38.5 Å². The average Bonchev–Trinajstić information content (AvgIpc) is 3.06. The van der Waals surface area contributed by atoms with Gasteiger partial charge in [-0.05, 0) is 42.9 Å². The van der Waals surface area contributed by atoms with Gasteiger partial charge in [0, 0.05) is 18.2 Å². The van der Waals surface area contributed by atoms with Gasteiger partial charge in [0.15, 0.2) is 5.82 Å². The van der Waals surface area contributed by atoms with Crippen molar-refractivity contribution in [1.29, 1.82) is 0 Å². The van der Waals surface area contributed by atoms with Gasteiger partial charge in [-0.25, -0.2) is 9.97 Å². The van der Waals surface area contributed by atoms with Crippen molar-refractivity contribution in [1.82, 2.24) is 20.2 Å². The van der Waals surface area contributed by atoms with E-state index < -0.39 is 0 Å². The lowest BCUT2D eigenvalue weighted by atomic mass is 9.70. The van der Waals surface area contributed by atoms with Gasteiger partial charge in [-0.3, -0.25) is 5.10 Å². The molecule has 2 aromatic heterocycles. The average molecular weight is 378 g/mol. The van der Waals surface area contributed by atoms with Crippen LogP contribution in [0.15, 0.2) is 0 Å². The normalized spacial score (nSPS) is 37.2. The monoisotopic (exact) mass is 378 g/mol. The van der Waals surface area contributed by atoms with E-state index in [0.29, 0.717) is 41.3 Å². The lowest BCUT2D eigenvalue weighted by Crippen LogP contribution is -2.56. The minimum absolute atomic E-state index is 0.267. The van der Waals surface area contributed by atoms with E-state index in [-0.39, 0.29) is 5.41 Å². The first-order chi connectivity index (χ1) is 13.6. The van der Waals surface area contributed by atoms with Gasteiger partial charge in [0.05, 0.1) is 6.04 Å². The predicted molar refractivity (Wildman–Crippen MR) is 108 cm³/mol. The van der Waals surface area contributed by atoms with Crippen LogP contribution in [0.5, 0.6) is 5.88 Å². The van der Waals surface area contributed by atoms with Gasteiger partial charge in [0.1, 0.15) is 20.0 Å². The van der Waals surface area contributed by atoms with E-state index in [1.807, 2.05) is 0 Å². The number of aromatic amines is 1. The second kappa shape index (κ2) is 6.08. The van der Waals surface area contributed by atoms with E-state index in [4.69, 9.17) is 23.3 Å². The maximum atomic E-state index is 6.95. The number of hydrogen-bond donors (Lipinski definition) is 2. The summed E-state index contributed by atoms with van der Waals surface area (Å²) < 4.78 is 6.05. The Hall–Kier alpha value is -1.83. The highest BCUT2D eigenvalue weighted by molar-refractivity contribution is 6.36. The summed E-state index contributed by atoms with van der Waals surface area (Å²) in [5.74, 6) is 2.93. The van der Waals surface area contributed by atoms with Crippen LogP contribution in [0.1, 0.15) is 51.4 Å². The molecule has 4 heterocycles. The molecule has 146 valence electrons. The van der Waals surface area contributed by atoms with E-state index in [2.05, 4.69) is 20.1 Å². The fourth-order valence-electron chi connectivity index (χ4n) is 6.66. The fraction of sp³-hybridized carbons (Fsp3) is 0.750. The Morgan fingerprint density at radius 1 is 1.18 bits per heavy atom. The largest absolute Gasteiger partial charge is 0.473 e. The van der Waals surface area contributed by atoms with Crippen LogP contribution in [0.25, 0.3) is 11.2 Å². The molecule has 0 aromatic carbocycles. The van der Waals surface area contributed by atoms with Gasteiger partial charge >= 0.3 is 0 Å². The molecular weight excluding hydrogens is 351 g/mol. The van der Waals surface area contributed by atoms with Crippen LogP contribution in [0.4, 0.5) is 5.82 Å². The molecule has 2 aromatic rings. The minimum atomic E-state index is 0.267. The Bertz CT molecular complexity index is 917. The first kappa shape index (κ1) is 17.1. The van der Waals surface area contributed by atoms with E-state index >= 15 is 0 Å². The second-order valence-corrected chi connectivity index (χ2v) is 9.43. The lowest BCUT2D eigenvalue weighted by Gasteiger charge is -2.49. The van der Waals surface area contributed by atoms with Crippen molar-refractivity contribution in [2.45, 2.75) is 63.5 Å². The highest BCUT2D eigenvalue weighted by atomic mass is 16.5. The highest BCUT2D eigenvalue weighted by Gasteiger charge is 2.55. The molecule has 3 N–H and O–H groups in total. The third-order valence-corrected chi connectivity index (χ3v) is 8.04. The number of nitrogens with one attached hydrogen (secondary N) is 1. The summed E-state index contributed by atoms with van der Waals surface area (Å²) in [7, 11) is 5.90. The molecule has 2 saturated carbocycles. The number of H-pyrrole nitrogens is 1. The second-order valence-electron chi connectivity index (χ2n) is 9.43. The zero-order valence-corrected chi connectivity index (χ0v) is 16.2. The summed E-state index contributed by atoms with van der Waals surface area (Å²) in [6.07, 6.45) is 10.4. The van der Waals surface area contributed by atoms with Crippen molar-refractivity contribution in [2.24, 2.45) is 23.0 Å². The van der Waals surface area contributed by atoms with Crippen LogP contribution < -0.4 is 21.0 Å². The van der Waals surface area contributed by atoms with Crippen LogP contribution in [-0.2, 0) is 0 Å². The number of anilines is 1. The van der Waals surface area contributed by atoms with Crippen LogP contribution in [-0.4, -0.2) is 53.2 Å². The molecular formula is C20H27BN6O. The summed E-state index contributed by atoms with van der Waals surface area (Å²) in [5, 5.41) is 6.94. The van der Waals surface area contributed by atoms with Gasteiger partial charge in [-0.15, -0.1) is 0 Å². The van der Waals surface area contributed by atoms with Crippen molar-refractivity contribution < 1.29 is 4.74 Å². The molecule has 28 heavy (non-hydrogen) atoms. The molecule has 3 fully saturated rings. The Morgan fingerprint density at radius 3 is 3.00 bits per heavy atom. The van der Waals surface area contributed by atoms with Crippen molar-refractivity contribution in [3.8, 4) is 5.88 Å². The number of piperidine rings is 1. The number of hydrogen-bond acceptors (Lipinski definition) is 6. The number of nitrogens with two attached hydrogens (primary N) is 1. The minimum Gasteiger partial charge on any atom is -0.473 e. The van der Waals surface area contributed by atoms with Gasteiger partial charge in [0.25, 0.3) is 5.88 Å². The van der Waals surface area contributed by atoms with Crippen LogP contribution >= 0.6 is 0 Å². The molecule has 2 aliphatic carbocycles. The zero-order valence-electron chi connectivity index (χ0n) is 16.2. The van der Waals surface area contributed by atoms with Gasteiger partial charge in [-0.2, -0.15) is 5.10 Å². The topological polar surface area (TPSA) is 92.9 Å². The summed E-state index contributed by atoms with van der Waals surface area (Å²) in [5.41, 5.74) is 8.79. The predicted octanol–water partition coefficient (Wildman–Crippen LogP) is 1.42. The van der Waals surface area contributed by atoms with Crippen molar-refractivity contribution in [3.63, 3.8) is 0 Å². The molecule has 1 spiro atoms. The van der Waals surface area contributed by atoms with Gasteiger partial charge < -0.3 is 15.4 Å². The zero-order chi connectivity index (χ0) is 18.9. The molecule has 1 saturated heterocycles. The van der Waals surface area contributed by atoms with E-state index in [0.717, 1.165) is 37.0 Å². The quantitative estimate of drug-likeness (QED) is 0.674. The van der Waals surface area contributed by atoms with E-state index in [9.17, 15) is 0 Å². The van der Waals surface area contributed by atoms with Crippen molar-refractivity contribution >= 4 is 30.4 Å². The maximum absolute atomic E-state index is 6.95. The number of aromatic nitrogens is 4. The summed E-state index contributed by atoms with van der Waals surface area (Å²) in [6, 6.07) is 0.650. The molecule has 0 bridgehead atoms. The molecule has 8 heteroatoms. The number of nitrogens with zero attached hydrogens (tertiary/aromatic N) is 4. The fourth-order valence-corrected chi connectivity index (χ4v) is 6.66. The van der Waals surface area contributed by atoms with Crippen LogP contribution in [0.3, 0.4) is 0 Å². The highest BCUT2D eigenvalue weighted by Crippen LogP contribution is 2.56. The molecule has 0 amide bonds. The first-order valence-electron chi connectivity index (χ1n) is 10.8. The Labute approximate surface area is 166 Å². The Kier molecular flexibility index (Phi) is 3.71. The third kappa shape index (κ3) is 2.36. The van der Waals surface area contributed by atoms with Crippen molar-refractivity contribution in [2.75, 3.05) is 18.1 Å². The first-order valence-corrected chi connectivity index (χ1v) is 10.8. The van der Waals surface area contributed by atoms with Gasteiger partial charge in [-0.1, -0.05) is 25.7 Å². The maximum Gasteiger partial charge on any atom is 0.258 e. The molecule has 6 rings (SSSR count). The Morgan fingerprint density at radius 2 is 2.07 bits per heavy atom. The molecule has 2 radical (unpaired) electrons. The number of rotatable bonds is 0. The molecule has 5 unspecified atom stereocenters. The summed E-state index contributed by atoms with van der Waals surface area (Å²) >= 11 is 0. The lowest BCUT2D eigenvalue weighted by molar-refractivity contribution is 0.117. The Balaban J connectivity index is 1.30. The SMILES string of the molecule is [B]c1[nH]nc2nc3c(nc12)OCC1CC2(CCN31)CC1CCCCCC1C2N. The van der Waals surface area contributed by atoms with Crippen LogP contribution in [0.2, 0.25) is 0 Å². The van der Waals surface area contributed by atoms with Gasteiger partial charge in [0.2, 0.25) is 5.65 Å². The number of ether oxygens (including phenoxy) is 1. The molecule has 7 nitrogen and oxygen atoms in total.